The summed E-state index contributed by atoms with van der Waals surface area (Å²) in [5.41, 5.74) is 0.292. The SMILES string of the molecule is O=C1c2ccccc2C(=O)c2cc(NC(=O)C(F)(F)F)ccc21. The Labute approximate surface area is 127 Å². The highest BCUT2D eigenvalue weighted by Gasteiger charge is 2.39. The fraction of sp³-hybridized carbons (Fsp3) is 0.0625. The molecule has 0 bridgehead atoms. The molecule has 1 N–H and O–H groups in total. The van der Waals surface area contributed by atoms with E-state index in [-0.39, 0.29) is 33.7 Å². The summed E-state index contributed by atoms with van der Waals surface area (Å²) in [6.45, 7) is 0. The van der Waals surface area contributed by atoms with E-state index in [1.54, 1.807) is 17.4 Å². The molecule has 0 atom stereocenters. The molecule has 7 heteroatoms. The minimum atomic E-state index is -5.04. The summed E-state index contributed by atoms with van der Waals surface area (Å²) >= 11 is 0. The summed E-state index contributed by atoms with van der Waals surface area (Å²) in [5, 5.41) is 1.66. The van der Waals surface area contributed by atoms with Crippen LogP contribution in [0.15, 0.2) is 42.5 Å². The van der Waals surface area contributed by atoms with Crippen molar-refractivity contribution in [3.05, 3.63) is 64.7 Å². The van der Waals surface area contributed by atoms with E-state index < -0.39 is 17.9 Å². The van der Waals surface area contributed by atoms with Crippen molar-refractivity contribution in [2.24, 2.45) is 0 Å². The Bertz CT molecular complexity index is 856. The lowest BCUT2D eigenvalue weighted by molar-refractivity contribution is -0.167. The summed E-state index contributed by atoms with van der Waals surface area (Å²) in [5.74, 6) is -3.00. The van der Waals surface area contributed by atoms with Crippen LogP contribution in [-0.4, -0.2) is 23.6 Å². The quantitative estimate of drug-likeness (QED) is 0.750. The van der Waals surface area contributed by atoms with Gasteiger partial charge in [0.2, 0.25) is 0 Å². The molecule has 0 aliphatic heterocycles. The van der Waals surface area contributed by atoms with E-state index in [0.29, 0.717) is 0 Å². The number of amides is 1. The Morgan fingerprint density at radius 2 is 1.35 bits per heavy atom. The molecule has 2 aromatic carbocycles. The first-order valence-electron chi connectivity index (χ1n) is 6.49. The molecule has 0 unspecified atom stereocenters. The van der Waals surface area contributed by atoms with Crippen molar-refractivity contribution in [2.75, 3.05) is 5.32 Å². The van der Waals surface area contributed by atoms with Crippen LogP contribution in [0.2, 0.25) is 0 Å². The van der Waals surface area contributed by atoms with Gasteiger partial charge in [0.15, 0.2) is 11.6 Å². The number of carbonyl (C=O) groups excluding carboxylic acids is 3. The first-order valence-corrected chi connectivity index (χ1v) is 6.49. The number of nitrogens with one attached hydrogen (secondary N) is 1. The van der Waals surface area contributed by atoms with Gasteiger partial charge in [-0.3, -0.25) is 14.4 Å². The summed E-state index contributed by atoms with van der Waals surface area (Å²) in [4.78, 5) is 35.7. The number of rotatable bonds is 1. The van der Waals surface area contributed by atoms with Crippen molar-refractivity contribution in [3.63, 3.8) is 0 Å². The van der Waals surface area contributed by atoms with Gasteiger partial charge in [-0.25, -0.2) is 0 Å². The Morgan fingerprint density at radius 3 is 1.91 bits per heavy atom. The highest BCUT2D eigenvalue weighted by molar-refractivity contribution is 6.28. The molecule has 0 saturated carbocycles. The fourth-order valence-electron chi connectivity index (χ4n) is 2.38. The summed E-state index contributed by atoms with van der Waals surface area (Å²) < 4.78 is 36.8. The summed E-state index contributed by atoms with van der Waals surface area (Å²) in [6.07, 6.45) is -5.04. The van der Waals surface area contributed by atoms with Gasteiger partial charge in [-0.2, -0.15) is 13.2 Å². The number of hydrogen-bond donors (Lipinski definition) is 1. The van der Waals surface area contributed by atoms with E-state index in [1.807, 2.05) is 0 Å². The maximum absolute atomic E-state index is 12.4. The molecule has 23 heavy (non-hydrogen) atoms. The first kappa shape index (κ1) is 15.0. The number of benzene rings is 2. The van der Waals surface area contributed by atoms with Crippen LogP contribution in [0.1, 0.15) is 31.8 Å². The third-order valence-corrected chi connectivity index (χ3v) is 3.44. The number of anilines is 1. The zero-order valence-corrected chi connectivity index (χ0v) is 11.4. The molecule has 116 valence electrons. The average molecular weight is 319 g/mol. The lowest BCUT2D eigenvalue weighted by atomic mass is 9.84. The first-order chi connectivity index (χ1) is 10.8. The van der Waals surface area contributed by atoms with Gasteiger partial charge in [-0.15, -0.1) is 0 Å². The maximum atomic E-state index is 12.4. The summed E-state index contributed by atoms with van der Waals surface area (Å²) in [6, 6.07) is 9.66. The Hall–Kier alpha value is -2.96. The average Bonchev–Trinajstić information content (AvgIpc) is 2.51. The Balaban J connectivity index is 2.02. The van der Waals surface area contributed by atoms with Crippen LogP contribution >= 0.6 is 0 Å². The van der Waals surface area contributed by atoms with Gasteiger partial charge in [0.05, 0.1) is 0 Å². The van der Waals surface area contributed by atoms with E-state index in [2.05, 4.69) is 0 Å². The normalized spacial score (nSPS) is 13.3. The third kappa shape index (κ3) is 2.50. The molecule has 0 saturated heterocycles. The molecule has 3 rings (SSSR count). The van der Waals surface area contributed by atoms with Crippen molar-refractivity contribution in [2.45, 2.75) is 6.18 Å². The second-order valence-electron chi connectivity index (χ2n) is 4.92. The summed E-state index contributed by atoms with van der Waals surface area (Å²) in [7, 11) is 0. The Kier molecular flexibility index (Phi) is 3.28. The van der Waals surface area contributed by atoms with Crippen LogP contribution in [0.3, 0.4) is 0 Å². The zero-order chi connectivity index (χ0) is 16.8. The van der Waals surface area contributed by atoms with E-state index >= 15 is 0 Å². The second kappa shape index (κ2) is 5.05. The van der Waals surface area contributed by atoms with E-state index in [9.17, 15) is 27.6 Å². The predicted octanol–water partition coefficient (Wildman–Crippen LogP) is 2.96. The van der Waals surface area contributed by atoms with E-state index in [4.69, 9.17) is 0 Å². The van der Waals surface area contributed by atoms with Gasteiger partial charge >= 0.3 is 12.1 Å². The van der Waals surface area contributed by atoms with Gasteiger partial charge in [0, 0.05) is 27.9 Å². The number of carbonyl (C=O) groups is 3. The zero-order valence-electron chi connectivity index (χ0n) is 11.4. The van der Waals surface area contributed by atoms with Crippen molar-refractivity contribution >= 4 is 23.2 Å². The van der Waals surface area contributed by atoms with Crippen LogP contribution in [-0.2, 0) is 4.79 Å². The largest absolute Gasteiger partial charge is 0.471 e. The van der Waals surface area contributed by atoms with Crippen molar-refractivity contribution in [1.29, 1.82) is 0 Å². The predicted molar refractivity (Wildman–Crippen MR) is 74.4 cm³/mol. The fourth-order valence-corrected chi connectivity index (χ4v) is 2.38. The molecular weight excluding hydrogens is 311 g/mol. The molecule has 1 amide bonds. The highest BCUT2D eigenvalue weighted by Crippen LogP contribution is 2.29. The molecule has 0 fully saturated rings. The van der Waals surface area contributed by atoms with E-state index in [0.717, 1.165) is 12.1 Å². The smallest absolute Gasteiger partial charge is 0.318 e. The molecular formula is C16H8F3NO3. The van der Waals surface area contributed by atoms with Crippen LogP contribution in [0.5, 0.6) is 0 Å². The molecule has 0 spiro atoms. The lowest BCUT2D eigenvalue weighted by Crippen LogP contribution is -2.30. The van der Waals surface area contributed by atoms with Gasteiger partial charge < -0.3 is 5.32 Å². The number of ketones is 2. The van der Waals surface area contributed by atoms with Crippen molar-refractivity contribution in [1.82, 2.24) is 0 Å². The highest BCUT2D eigenvalue weighted by atomic mass is 19.4. The minimum Gasteiger partial charge on any atom is -0.318 e. The second-order valence-corrected chi connectivity index (χ2v) is 4.92. The molecule has 1 aliphatic rings. The molecule has 0 radical (unpaired) electrons. The van der Waals surface area contributed by atoms with Gasteiger partial charge in [-0.05, 0) is 18.2 Å². The molecule has 4 nitrogen and oxygen atoms in total. The van der Waals surface area contributed by atoms with E-state index in [1.165, 1.54) is 18.2 Å². The van der Waals surface area contributed by atoms with Crippen LogP contribution < -0.4 is 5.32 Å². The van der Waals surface area contributed by atoms with Gasteiger partial charge in [0.1, 0.15) is 0 Å². The molecule has 0 aromatic heterocycles. The van der Waals surface area contributed by atoms with Gasteiger partial charge in [0.25, 0.3) is 0 Å². The van der Waals surface area contributed by atoms with Crippen molar-refractivity contribution in [3.8, 4) is 0 Å². The van der Waals surface area contributed by atoms with Crippen LogP contribution in [0.4, 0.5) is 18.9 Å². The Morgan fingerprint density at radius 1 is 0.826 bits per heavy atom. The molecule has 0 heterocycles. The molecule has 2 aromatic rings. The van der Waals surface area contributed by atoms with Crippen LogP contribution in [0.25, 0.3) is 0 Å². The maximum Gasteiger partial charge on any atom is 0.471 e. The van der Waals surface area contributed by atoms with Crippen molar-refractivity contribution < 1.29 is 27.6 Å². The number of halogens is 3. The topological polar surface area (TPSA) is 63.2 Å². The van der Waals surface area contributed by atoms with Gasteiger partial charge in [-0.1, -0.05) is 24.3 Å². The molecule has 1 aliphatic carbocycles. The monoisotopic (exact) mass is 319 g/mol. The number of fused-ring (bicyclic) bond motifs is 2. The van der Waals surface area contributed by atoms with Crippen LogP contribution in [0, 0.1) is 0 Å². The number of hydrogen-bond acceptors (Lipinski definition) is 3. The third-order valence-electron chi connectivity index (χ3n) is 3.44. The lowest BCUT2D eigenvalue weighted by Gasteiger charge is -2.18. The number of alkyl halides is 3. The minimum absolute atomic E-state index is 0.0336. The standard InChI is InChI=1S/C16H8F3NO3/c17-16(18,19)15(23)20-8-5-6-11-12(7-8)14(22)10-4-2-1-3-9(10)13(11)21/h1-7H,(H,20,23).